The molecule has 1 aliphatic rings. The van der Waals surface area contributed by atoms with Crippen molar-refractivity contribution in [2.24, 2.45) is 17.1 Å². The molecular formula is C38H45F2N3O3. The minimum Gasteiger partial charge on any atom is -0.391 e. The second kappa shape index (κ2) is 15.9. The minimum absolute atomic E-state index is 0.0249. The molecule has 0 radical (unpaired) electrons. The highest BCUT2D eigenvalue weighted by atomic mass is 19.1. The van der Waals surface area contributed by atoms with E-state index >= 15 is 0 Å². The number of allylic oxidation sites excluding steroid dienone is 2. The number of benzene rings is 3. The summed E-state index contributed by atoms with van der Waals surface area (Å²) in [5.74, 6) is -3.29. The highest BCUT2D eigenvalue weighted by molar-refractivity contribution is 5.97. The number of hydrogen-bond donors (Lipinski definition) is 3. The van der Waals surface area contributed by atoms with Crippen molar-refractivity contribution in [2.45, 2.75) is 59.1 Å². The van der Waals surface area contributed by atoms with Gasteiger partial charge in [-0.1, -0.05) is 86.2 Å². The molecule has 0 saturated carbocycles. The number of aliphatic hydroxyl groups is 1. The standard InChI is InChI=1S/C38H45F2N3O3/c1-4-15-43(16-5-2)36(45)31-17-26(3)22-38(23-31,37(41)46)34(20-28-18-32(39)21-33(40)19-28)35(44)25-42-24-27-11-13-30(14-12-27)29-9-7-6-8-10-29/h6-14,17-19,21-22,34-35,42,44H,4-5,15-16,20,23-25H2,1-3H3,(H2,41,46)/t34-,35+,38?/m1/s1. The van der Waals surface area contributed by atoms with Crippen molar-refractivity contribution in [3.63, 3.8) is 0 Å². The largest absolute Gasteiger partial charge is 0.391 e. The Labute approximate surface area is 271 Å². The third-order valence-electron chi connectivity index (χ3n) is 8.63. The molecule has 6 nitrogen and oxygen atoms in total. The van der Waals surface area contributed by atoms with Gasteiger partial charge in [-0.2, -0.15) is 0 Å². The zero-order valence-electron chi connectivity index (χ0n) is 26.9. The zero-order valence-corrected chi connectivity index (χ0v) is 26.9. The molecule has 4 rings (SSSR count). The van der Waals surface area contributed by atoms with Crippen LogP contribution in [0.1, 0.15) is 51.2 Å². The Morgan fingerprint density at radius 2 is 1.54 bits per heavy atom. The van der Waals surface area contributed by atoms with Crippen molar-refractivity contribution in [3.8, 4) is 11.1 Å². The summed E-state index contributed by atoms with van der Waals surface area (Å²) in [7, 11) is 0. The lowest BCUT2D eigenvalue weighted by Crippen LogP contribution is -2.51. The lowest BCUT2D eigenvalue weighted by Gasteiger charge is -2.42. The van der Waals surface area contributed by atoms with Crippen LogP contribution in [0, 0.1) is 23.0 Å². The van der Waals surface area contributed by atoms with Crippen LogP contribution >= 0.6 is 0 Å². The first-order valence-electron chi connectivity index (χ1n) is 16.0. The fourth-order valence-electron chi connectivity index (χ4n) is 6.51. The predicted octanol–water partition coefficient (Wildman–Crippen LogP) is 6.34. The molecule has 0 aromatic heterocycles. The monoisotopic (exact) mass is 629 g/mol. The van der Waals surface area contributed by atoms with Gasteiger partial charge in [0.2, 0.25) is 11.8 Å². The minimum atomic E-state index is -1.48. The molecule has 4 N–H and O–H groups in total. The van der Waals surface area contributed by atoms with Gasteiger partial charge in [-0.05, 0) is 67.0 Å². The zero-order chi connectivity index (χ0) is 33.3. The van der Waals surface area contributed by atoms with E-state index in [0.717, 1.165) is 35.6 Å². The number of nitrogens with one attached hydrogen (secondary N) is 1. The van der Waals surface area contributed by atoms with Crippen LogP contribution in [0.15, 0.2) is 96.1 Å². The number of rotatable bonds is 15. The maximum Gasteiger partial charge on any atom is 0.249 e. The first kappa shape index (κ1) is 34.7. The smallest absolute Gasteiger partial charge is 0.249 e. The van der Waals surface area contributed by atoms with Gasteiger partial charge in [-0.15, -0.1) is 0 Å². The maximum absolute atomic E-state index is 14.3. The number of amides is 2. The first-order valence-corrected chi connectivity index (χ1v) is 16.0. The van der Waals surface area contributed by atoms with Crippen LogP contribution in [0.3, 0.4) is 0 Å². The van der Waals surface area contributed by atoms with Crippen LogP contribution in [0.4, 0.5) is 8.78 Å². The van der Waals surface area contributed by atoms with E-state index in [-0.39, 0.29) is 30.9 Å². The number of carbonyl (C=O) groups is 2. The fraction of sp³-hybridized carbons (Fsp3) is 0.368. The Bertz CT molecular complexity index is 1530. The van der Waals surface area contributed by atoms with Gasteiger partial charge in [0, 0.05) is 43.7 Å². The van der Waals surface area contributed by atoms with E-state index in [1.54, 1.807) is 24.0 Å². The average Bonchev–Trinajstić information content (AvgIpc) is 3.03. The Morgan fingerprint density at radius 3 is 2.13 bits per heavy atom. The summed E-state index contributed by atoms with van der Waals surface area (Å²) in [5.41, 5.74) is 9.23. The normalized spacial score (nSPS) is 17.5. The molecule has 244 valence electrons. The quantitative estimate of drug-likeness (QED) is 0.183. The van der Waals surface area contributed by atoms with Gasteiger partial charge in [-0.25, -0.2) is 8.78 Å². The Hall–Kier alpha value is -4.14. The Kier molecular flexibility index (Phi) is 12.0. The van der Waals surface area contributed by atoms with Crippen molar-refractivity contribution in [1.82, 2.24) is 10.2 Å². The molecule has 0 aliphatic heterocycles. The van der Waals surface area contributed by atoms with Crippen molar-refractivity contribution in [1.29, 1.82) is 0 Å². The predicted molar refractivity (Wildman–Crippen MR) is 178 cm³/mol. The summed E-state index contributed by atoms with van der Waals surface area (Å²) >= 11 is 0. The number of aliphatic hydroxyl groups excluding tert-OH is 1. The number of nitrogens with two attached hydrogens (primary N) is 1. The number of nitrogens with zero attached hydrogens (tertiary/aromatic N) is 1. The van der Waals surface area contributed by atoms with Crippen molar-refractivity contribution >= 4 is 11.8 Å². The van der Waals surface area contributed by atoms with Gasteiger partial charge in [0.1, 0.15) is 11.6 Å². The molecule has 3 aromatic carbocycles. The highest BCUT2D eigenvalue weighted by Gasteiger charge is 2.48. The molecule has 0 fully saturated rings. The molecule has 3 atom stereocenters. The van der Waals surface area contributed by atoms with Crippen molar-refractivity contribution < 1.29 is 23.5 Å². The average molecular weight is 630 g/mol. The summed E-state index contributed by atoms with van der Waals surface area (Å²) in [4.78, 5) is 29.0. The SMILES string of the molecule is CCCN(CCC)C(=O)C1=CC(C)=CC(C(N)=O)([C@H](Cc2cc(F)cc(F)c2)[C@@H](O)CNCc2ccc(-c3ccccc3)cc2)C1. The number of primary amides is 1. The van der Waals surface area contributed by atoms with E-state index < -0.39 is 35.0 Å². The van der Waals surface area contributed by atoms with E-state index in [0.29, 0.717) is 30.8 Å². The van der Waals surface area contributed by atoms with E-state index in [9.17, 15) is 23.5 Å². The fourth-order valence-corrected chi connectivity index (χ4v) is 6.51. The molecule has 0 spiro atoms. The van der Waals surface area contributed by atoms with E-state index in [1.165, 1.54) is 12.1 Å². The van der Waals surface area contributed by atoms with Crippen molar-refractivity contribution in [2.75, 3.05) is 19.6 Å². The summed E-state index contributed by atoms with van der Waals surface area (Å²) in [5, 5.41) is 15.0. The van der Waals surface area contributed by atoms with Crippen LogP contribution in [-0.4, -0.2) is 47.6 Å². The van der Waals surface area contributed by atoms with Crippen LogP contribution in [0.25, 0.3) is 11.1 Å². The molecule has 3 aromatic rings. The summed E-state index contributed by atoms with van der Waals surface area (Å²) in [6, 6.07) is 21.3. The Balaban J connectivity index is 1.61. The van der Waals surface area contributed by atoms with E-state index in [4.69, 9.17) is 5.73 Å². The molecule has 46 heavy (non-hydrogen) atoms. The van der Waals surface area contributed by atoms with Crippen LogP contribution in [0.5, 0.6) is 0 Å². The molecule has 0 saturated heterocycles. The summed E-state index contributed by atoms with van der Waals surface area (Å²) in [6.07, 6.45) is 3.83. The molecule has 2 amide bonds. The maximum atomic E-state index is 14.3. The number of hydrogen-bond acceptors (Lipinski definition) is 4. The molecule has 0 bridgehead atoms. The van der Waals surface area contributed by atoms with E-state index in [1.807, 2.05) is 68.4 Å². The molecular weight excluding hydrogens is 584 g/mol. The lowest BCUT2D eigenvalue weighted by atomic mass is 9.63. The number of carbonyl (C=O) groups excluding carboxylic acids is 2. The third kappa shape index (κ3) is 8.56. The topological polar surface area (TPSA) is 95.7 Å². The summed E-state index contributed by atoms with van der Waals surface area (Å²) in [6.45, 7) is 7.45. The summed E-state index contributed by atoms with van der Waals surface area (Å²) < 4.78 is 28.6. The molecule has 8 heteroatoms. The van der Waals surface area contributed by atoms with Crippen LogP contribution in [0.2, 0.25) is 0 Å². The lowest BCUT2D eigenvalue weighted by molar-refractivity contribution is -0.132. The Morgan fingerprint density at radius 1 is 0.935 bits per heavy atom. The van der Waals surface area contributed by atoms with Gasteiger partial charge in [0.15, 0.2) is 0 Å². The van der Waals surface area contributed by atoms with Gasteiger partial charge >= 0.3 is 0 Å². The first-order chi connectivity index (χ1) is 22.1. The second-order valence-corrected chi connectivity index (χ2v) is 12.3. The molecule has 0 heterocycles. The van der Waals surface area contributed by atoms with Gasteiger partial charge in [0.25, 0.3) is 0 Å². The van der Waals surface area contributed by atoms with Gasteiger partial charge in [0.05, 0.1) is 11.5 Å². The molecule has 1 unspecified atom stereocenters. The van der Waals surface area contributed by atoms with Crippen LogP contribution in [-0.2, 0) is 22.6 Å². The molecule has 1 aliphatic carbocycles. The number of halogens is 2. The second-order valence-electron chi connectivity index (χ2n) is 12.3. The van der Waals surface area contributed by atoms with E-state index in [2.05, 4.69) is 5.32 Å². The highest BCUT2D eigenvalue weighted by Crippen LogP contribution is 2.44. The van der Waals surface area contributed by atoms with Gasteiger partial charge in [-0.3, -0.25) is 9.59 Å². The van der Waals surface area contributed by atoms with Crippen LogP contribution < -0.4 is 11.1 Å². The third-order valence-corrected chi connectivity index (χ3v) is 8.63. The van der Waals surface area contributed by atoms with Gasteiger partial charge < -0.3 is 21.1 Å². The van der Waals surface area contributed by atoms with Crippen molar-refractivity contribution in [3.05, 3.63) is 119 Å².